The molecule has 1 rings (SSSR count). The zero-order valence-electron chi connectivity index (χ0n) is 6.47. The van der Waals surface area contributed by atoms with E-state index in [4.69, 9.17) is 10.8 Å². The van der Waals surface area contributed by atoms with Crippen LogP contribution in [0.25, 0.3) is 0 Å². The minimum absolute atomic E-state index is 0. The van der Waals surface area contributed by atoms with Crippen molar-refractivity contribution >= 4 is 18.4 Å². The molecule has 0 aromatic rings. The summed E-state index contributed by atoms with van der Waals surface area (Å²) in [5, 5.41) is 8.30. The summed E-state index contributed by atoms with van der Waals surface area (Å²) in [5.74, 6) is -1.59. The SMILES string of the molecule is Cl.NC(C(=O)O)C1(C(F)(F)F)CC1. The van der Waals surface area contributed by atoms with E-state index in [-0.39, 0.29) is 25.2 Å². The highest BCUT2D eigenvalue weighted by molar-refractivity contribution is 5.85. The van der Waals surface area contributed by atoms with Gasteiger partial charge in [0.25, 0.3) is 0 Å². The molecule has 1 fully saturated rings. The zero-order valence-corrected chi connectivity index (χ0v) is 7.28. The number of carboxylic acid groups (broad SMARTS) is 1. The molecule has 0 aromatic carbocycles. The van der Waals surface area contributed by atoms with Gasteiger partial charge in [0.1, 0.15) is 6.04 Å². The van der Waals surface area contributed by atoms with Crippen molar-refractivity contribution in [3.05, 3.63) is 0 Å². The quantitative estimate of drug-likeness (QED) is 0.733. The van der Waals surface area contributed by atoms with Crippen LogP contribution >= 0.6 is 12.4 Å². The Morgan fingerprint density at radius 2 is 1.85 bits per heavy atom. The average molecular weight is 220 g/mol. The monoisotopic (exact) mass is 219 g/mol. The third-order valence-corrected chi connectivity index (χ3v) is 2.21. The molecular formula is C6H9ClF3NO2. The summed E-state index contributed by atoms with van der Waals surface area (Å²) in [4.78, 5) is 10.2. The third-order valence-electron chi connectivity index (χ3n) is 2.21. The Morgan fingerprint density at radius 1 is 1.46 bits per heavy atom. The number of carbonyl (C=O) groups is 1. The molecule has 0 bridgehead atoms. The lowest BCUT2D eigenvalue weighted by Gasteiger charge is -2.22. The summed E-state index contributed by atoms with van der Waals surface area (Å²) in [6.45, 7) is 0. The molecule has 0 spiro atoms. The molecule has 0 heterocycles. The standard InChI is InChI=1S/C6H8F3NO2.ClH/c7-6(8,9)5(1-2-5)3(10)4(11)12;/h3H,1-2,10H2,(H,11,12);1H. The summed E-state index contributed by atoms with van der Waals surface area (Å²) < 4.78 is 36.5. The van der Waals surface area contributed by atoms with Gasteiger partial charge in [-0.05, 0) is 12.8 Å². The number of hydrogen-bond donors (Lipinski definition) is 2. The molecule has 1 saturated carbocycles. The van der Waals surface area contributed by atoms with Gasteiger partial charge in [-0.25, -0.2) is 0 Å². The fourth-order valence-electron chi connectivity index (χ4n) is 1.14. The van der Waals surface area contributed by atoms with E-state index in [0.717, 1.165) is 0 Å². The van der Waals surface area contributed by atoms with Crippen LogP contribution in [0, 0.1) is 5.41 Å². The molecule has 0 aromatic heterocycles. The topological polar surface area (TPSA) is 63.3 Å². The maximum absolute atomic E-state index is 12.2. The van der Waals surface area contributed by atoms with E-state index in [0.29, 0.717) is 0 Å². The Bertz CT molecular complexity index is 214. The average Bonchev–Trinajstić information content (AvgIpc) is 2.62. The van der Waals surface area contributed by atoms with E-state index in [2.05, 4.69) is 0 Å². The third kappa shape index (κ3) is 1.88. The van der Waals surface area contributed by atoms with Crippen LogP contribution in [0.1, 0.15) is 12.8 Å². The Kier molecular flexibility index (Phi) is 3.21. The van der Waals surface area contributed by atoms with Gasteiger partial charge < -0.3 is 10.8 Å². The van der Waals surface area contributed by atoms with Crippen LogP contribution in [0.15, 0.2) is 0 Å². The van der Waals surface area contributed by atoms with E-state index < -0.39 is 23.6 Å². The summed E-state index contributed by atoms with van der Waals surface area (Å²) >= 11 is 0. The Morgan fingerprint density at radius 3 is 1.92 bits per heavy atom. The summed E-state index contributed by atoms with van der Waals surface area (Å²) in [6, 6.07) is -1.82. The number of aliphatic carboxylic acids is 1. The number of carboxylic acids is 1. The van der Waals surface area contributed by atoms with Crippen molar-refractivity contribution in [3.63, 3.8) is 0 Å². The van der Waals surface area contributed by atoms with Crippen LogP contribution in [-0.4, -0.2) is 23.3 Å². The molecule has 3 nitrogen and oxygen atoms in total. The maximum Gasteiger partial charge on any atom is 0.396 e. The van der Waals surface area contributed by atoms with Gasteiger partial charge in [-0.3, -0.25) is 4.79 Å². The summed E-state index contributed by atoms with van der Waals surface area (Å²) in [5.41, 5.74) is 2.77. The zero-order chi connectivity index (χ0) is 9.57. The van der Waals surface area contributed by atoms with Crippen LogP contribution in [0.5, 0.6) is 0 Å². The first-order chi connectivity index (χ1) is 5.31. The van der Waals surface area contributed by atoms with Crippen LogP contribution in [0.2, 0.25) is 0 Å². The van der Waals surface area contributed by atoms with Gasteiger partial charge in [-0.15, -0.1) is 12.4 Å². The van der Waals surface area contributed by atoms with Crippen LogP contribution < -0.4 is 5.73 Å². The second-order valence-corrected chi connectivity index (χ2v) is 2.97. The molecule has 0 amide bonds. The van der Waals surface area contributed by atoms with Crippen LogP contribution in [0.3, 0.4) is 0 Å². The van der Waals surface area contributed by atoms with Gasteiger partial charge in [0.15, 0.2) is 0 Å². The van der Waals surface area contributed by atoms with E-state index in [1.165, 1.54) is 0 Å². The van der Waals surface area contributed by atoms with Crippen molar-refractivity contribution < 1.29 is 23.1 Å². The lowest BCUT2D eigenvalue weighted by Crippen LogP contribution is -2.47. The molecule has 78 valence electrons. The number of nitrogens with two attached hydrogens (primary N) is 1. The van der Waals surface area contributed by atoms with Gasteiger partial charge in [0.05, 0.1) is 5.41 Å². The fourth-order valence-corrected chi connectivity index (χ4v) is 1.14. The molecule has 1 atom stereocenters. The van der Waals surface area contributed by atoms with Crippen molar-refractivity contribution in [2.45, 2.75) is 25.1 Å². The molecule has 7 heteroatoms. The van der Waals surface area contributed by atoms with Crippen molar-refractivity contribution in [2.75, 3.05) is 0 Å². The molecule has 3 N–H and O–H groups in total. The lowest BCUT2D eigenvalue weighted by molar-refractivity contribution is -0.198. The Labute approximate surface area is 78.5 Å². The lowest BCUT2D eigenvalue weighted by atomic mass is 9.97. The van der Waals surface area contributed by atoms with Crippen molar-refractivity contribution in [3.8, 4) is 0 Å². The van der Waals surface area contributed by atoms with Crippen molar-refractivity contribution in [1.29, 1.82) is 0 Å². The predicted octanol–water partition coefficient (Wildman–Crippen LogP) is 1.16. The van der Waals surface area contributed by atoms with Crippen molar-refractivity contribution in [1.82, 2.24) is 0 Å². The number of rotatable bonds is 2. The van der Waals surface area contributed by atoms with E-state index in [1.807, 2.05) is 0 Å². The molecule has 13 heavy (non-hydrogen) atoms. The first kappa shape index (κ1) is 12.5. The van der Waals surface area contributed by atoms with Crippen LogP contribution in [-0.2, 0) is 4.79 Å². The smallest absolute Gasteiger partial charge is 0.396 e. The molecule has 0 radical (unpaired) electrons. The van der Waals surface area contributed by atoms with Gasteiger partial charge in [-0.1, -0.05) is 0 Å². The van der Waals surface area contributed by atoms with E-state index in [1.54, 1.807) is 0 Å². The van der Waals surface area contributed by atoms with E-state index in [9.17, 15) is 18.0 Å². The predicted molar refractivity (Wildman–Crippen MR) is 40.6 cm³/mol. The first-order valence-corrected chi connectivity index (χ1v) is 3.36. The van der Waals surface area contributed by atoms with Crippen molar-refractivity contribution in [2.24, 2.45) is 11.1 Å². The van der Waals surface area contributed by atoms with E-state index >= 15 is 0 Å². The molecule has 1 unspecified atom stereocenters. The second kappa shape index (κ2) is 3.34. The first-order valence-electron chi connectivity index (χ1n) is 3.36. The molecule has 1 aliphatic carbocycles. The maximum atomic E-state index is 12.2. The minimum atomic E-state index is -4.50. The minimum Gasteiger partial charge on any atom is -0.480 e. The number of alkyl halides is 3. The fraction of sp³-hybridized carbons (Fsp3) is 0.833. The largest absolute Gasteiger partial charge is 0.480 e. The van der Waals surface area contributed by atoms with Gasteiger partial charge in [0, 0.05) is 0 Å². The second-order valence-electron chi connectivity index (χ2n) is 2.97. The Hall–Kier alpha value is -0.490. The molecule has 0 aliphatic heterocycles. The van der Waals surface area contributed by atoms with Gasteiger partial charge >= 0.3 is 12.1 Å². The van der Waals surface area contributed by atoms with Gasteiger partial charge in [0.2, 0.25) is 0 Å². The highest BCUT2D eigenvalue weighted by Crippen LogP contribution is 2.59. The molecule has 1 aliphatic rings. The number of halogens is 4. The Balaban J connectivity index is 0.00000144. The highest BCUT2D eigenvalue weighted by Gasteiger charge is 2.68. The molecule has 0 saturated heterocycles. The van der Waals surface area contributed by atoms with Crippen LogP contribution in [0.4, 0.5) is 13.2 Å². The number of hydrogen-bond acceptors (Lipinski definition) is 2. The van der Waals surface area contributed by atoms with Gasteiger partial charge in [-0.2, -0.15) is 13.2 Å². The summed E-state index contributed by atoms with van der Waals surface area (Å²) in [7, 11) is 0. The highest BCUT2D eigenvalue weighted by atomic mass is 35.5. The normalized spacial score (nSPS) is 21.5. The molecular weight excluding hydrogens is 211 g/mol. The summed E-state index contributed by atoms with van der Waals surface area (Å²) in [6.07, 6.45) is -4.85.